The van der Waals surface area contributed by atoms with Crippen molar-refractivity contribution in [2.24, 2.45) is 4.99 Å². The van der Waals surface area contributed by atoms with Crippen molar-refractivity contribution in [1.29, 1.82) is 0 Å². The summed E-state index contributed by atoms with van der Waals surface area (Å²) in [7, 11) is 0. The average molecular weight is 622 g/mol. The molecular weight excluding hydrogens is 590 g/mol. The average Bonchev–Trinajstić information content (AvgIpc) is 3.38. The van der Waals surface area contributed by atoms with E-state index >= 15 is 0 Å². The topological polar surface area (TPSA) is 80.2 Å². The zero-order valence-corrected chi connectivity index (χ0v) is 24.8. The van der Waals surface area contributed by atoms with Crippen LogP contribution in [0.5, 0.6) is 5.75 Å². The summed E-state index contributed by atoms with van der Waals surface area (Å²) < 4.78 is 25.9. The van der Waals surface area contributed by atoms with Crippen LogP contribution in [-0.2, 0) is 22.4 Å². The Morgan fingerprint density at radius 3 is 2.47 bits per heavy atom. The minimum Gasteiger partial charge on any atom is -0.494 e. The van der Waals surface area contributed by atoms with Crippen LogP contribution >= 0.6 is 23.2 Å². The van der Waals surface area contributed by atoms with E-state index in [0.29, 0.717) is 46.4 Å². The maximum absolute atomic E-state index is 14.3. The minimum atomic E-state index is -1.42. The summed E-state index contributed by atoms with van der Waals surface area (Å²) in [5.74, 6) is 0.251. The first-order chi connectivity index (χ1) is 20.9. The lowest BCUT2D eigenvalue weighted by atomic mass is 9.82. The molecule has 6 nitrogen and oxygen atoms in total. The van der Waals surface area contributed by atoms with Crippen LogP contribution in [0, 0.1) is 5.82 Å². The smallest absolute Gasteiger partial charge is 0.252 e. The lowest BCUT2D eigenvalue weighted by molar-refractivity contribution is -0.128. The first-order valence-corrected chi connectivity index (χ1v) is 14.8. The Kier molecular flexibility index (Phi) is 9.97. The van der Waals surface area contributed by atoms with Crippen molar-refractivity contribution in [2.75, 3.05) is 19.8 Å². The van der Waals surface area contributed by atoms with E-state index in [0.717, 1.165) is 11.1 Å². The van der Waals surface area contributed by atoms with Crippen LogP contribution in [0.15, 0.2) is 102 Å². The Hall–Kier alpha value is -3.91. The molecule has 2 atom stereocenters. The van der Waals surface area contributed by atoms with Gasteiger partial charge in [-0.25, -0.2) is 9.38 Å². The van der Waals surface area contributed by atoms with Crippen molar-refractivity contribution in [3.63, 3.8) is 0 Å². The summed E-state index contributed by atoms with van der Waals surface area (Å²) in [6, 6.07) is 28.2. The first kappa shape index (κ1) is 30.5. The van der Waals surface area contributed by atoms with Gasteiger partial charge in [0.15, 0.2) is 11.6 Å². The molecule has 0 aromatic heterocycles. The molecule has 0 aliphatic carbocycles. The van der Waals surface area contributed by atoms with Crippen LogP contribution in [-0.4, -0.2) is 42.2 Å². The minimum absolute atomic E-state index is 0.0468. The molecule has 0 saturated heterocycles. The van der Waals surface area contributed by atoms with E-state index in [4.69, 9.17) is 42.8 Å². The molecule has 1 aliphatic rings. The molecule has 1 aliphatic heterocycles. The number of aliphatic imine (C=N–C) groups is 1. The van der Waals surface area contributed by atoms with E-state index in [1.807, 2.05) is 48.5 Å². The number of carbonyl (C=O) groups excluding carboxylic acids is 1. The van der Waals surface area contributed by atoms with Gasteiger partial charge in [-0.3, -0.25) is 4.79 Å². The summed E-state index contributed by atoms with van der Waals surface area (Å²) in [6.07, 6.45) is 0.320. The lowest BCUT2D eigenvalue weighted by Gasteiger charge is -2.31. The number of aliphatic hydroxyl groups is 1. The summed E-state index contributed by atoms with van der Waals surface area (Å²) in [6.45, 7) is 0.705. The summed E-state index contributed by atoms with van der Waals surface area (Å²) in [5, 5.41) is 12.9. The lowest BCUT2D eigenvalue weighted by Crippen LogP contribution is -2.50. The quantitative estimate of drug-likeness (QED) is 0.172. The third-order valence-corrected chi connectivity index (χ3v) is 7.74. The third-order valence-electron chi connectivity index (χ3n) is 7.18. The second-order valence-corrected chi connectivity index (χ2v) is 11.1. The Morgan fingerprint density at radius 1 is 0.977 bits per heavy atom. The van der Waals surface area contributed by atoms with Crippen LogP contribution in [0.3, 0.4) is 0 Å². The fourth-order valence-electron chi connectivity index (χ4n) is 5.05. The van der Waals surface area contributed by atoms with Gasteiger partial charge in [-0.05, 0) is 66.1 Å². The Balaban J connectivity index is 1.52. The van der Waals surface area contributed by atoms with Crippen LogP contribution in [0.2, 0.25) is 10.0 Å². The molecule has 9 heteroatoms. The molecule has 0 radical (unpaired) electrons. The van der Waals surface area contributed by atoms with E-state index < -0.39 is 11.6 Å². The van der Waals surface area contributed by atoms with Gasteiger partial charge in [-0.1, -0.05) is 71.7 Å². The van der Waals surface area contributed by atoms with Gasteiger partial charge in [-0.2, -0.15) is 0 Å². The highest BCUT2D eigenvalue weighted by Gasteiger charge is 2.53. The van der Waals surface area contributed by atoms with Crippen molar-refractivity contribution in [3.05, 3.63) is 135 Å². The van der Waals surface area contributed by atoms with E-state index in [2.05, 4.69) is 5.32 Å². The molecule has 5 rings (SSSR count). The van der Waals surface area contributed by atoms with Gasteiger partial charge >= 0.3 is 0 Å². The van der Waals surface area contributed by atoms with E-state index in [1.165, 1.54) is 12.1 Å². The second-order valence-electron chi connectivity index (χ2n) is 10.3. The number of nitrogens with zero attached hydrogens (tertiary/aromatic N) is 1. The summed E-state index contributed by atoms with van der Waals surface area (Å²) >= 11 is 12.9. The molecule has 4 aromatic rings. The van der Waals surface area contributed by atoms with Gasteiger partial charge in [0.1, 0.15) is 11.6 Å². The highest BCUT2D eigenvalue weighted by Crippen LogP contribution is 2.45. The van der Waals surface area contributed by atoms with Gasteiger partial charge in [0, 0.05) is 47.2 Å². The van der Waals surface area contributed by atoms with Gasteiger partial charge in [0.05, 0.1) is 6.61 Å². The standard InChI is InChI=1S/C34H31Cl2FN2O4/c35-26-12-15-29(30(36)21-26)31-34(22-24-6-2-1-3-7-24,33(41)38-17-16-23-8-4-9-27(37)20-23)39-32(43-31)25-10-13-28(14-11-25)42-19-5-18-40/h1-4,6-15,20-21,31,40H,5,16-19,22H2,(H,38,41)/t31-,34-/m1/s1. The van der Waals surface area contributed by atoms with E-state index in [-0.39, 0.29) is 37.2 Å². The molecule has 0 fully saturated rings. The fourth-order valence-corrected chi connectivity index (χ4v) is 5.55. The molecule has 222 valence electrons. The molecule has 1 heterocycles. The molecule has 0 spiro atoms. The first-order valence-electron chi connectivity index (χ1n) is 14.0. The molecule has 0 unspecified atom stereocenters. The van der Waals surface area contributed by atoms with Crippen molar-refractivity contribution < 1.29 is 23.8 Å². The normalized spacial score (nSPS) is 17.7. The number of carbonyl (C=O) groups is 1. The zero-order valence-electron chi connectivity index (χ0n) is 23.3. The van der Waals surface area contributed by atoms with Crippen LogP contribution in [0.1, 0.15) is 34.8 Å². The summed E-state index contributed by atoms with van der Waals surface area (Å²) in [5.41, 5.74) is 1.46. The molecule has 1 amide bonds. The SMILES string of the molecule is O=C(NCCc1cccc(F)c1)[C@]1(Cc2ccccc2)N=C(c2ccc(OCCCO)cc2)O[C@@H]1c1ccc(Cl)cc1Cl. The fraction of sp³-hybridized carbons (Fsp3) is 0.235. The number of halogens is 3. The number of benzene rings is 4. The van der Waals surface area contributed by atoms with Gasteiger partial charge in [0.2, 0.25) is 5.90 Å². The van der Waals surface area contributed by atoms with E-state index in [9.17, 15) is 9.18 Å². The molecular formula is C34H31Cl2FN2O4. The summed E-state index contributed by atoms with van der Waals surface area (Å²) in [4.78, 5) is 19.3. The Morgan fingerprint density at radius 2 is 1.74 bits per heavy atom. The largest absolute Gasteiger partial charge is 0.494 e. The number of aliphatic hydroxyl groups excluding tert-OH is 1. The third kappa shape index (κ3) is 7.36. The molecule has 2 N–H and O–H groups in total. The van der Waals surface area contributed by atoms with Gasteiger partial charge in [0.25, 0.3) is 5.91 Å². The number of amides is 1. The van der Waals surface area contributed by atoms with Crippen molar-refractivity contribution in [3.8, 4) is 5.75 Å². The van der Waals surface area contributed by atoms with Crippen molar-refractivity contribution in [2.45, 2.75) is 30.9 Å². The van der Waals surface area contributed by atoms with Crippen LogP contribution < -0.4 is 10.1 Å². The maximum atomic E-state index is 14.3. The number of nitrogens with one attached hydrogen (secondary N) is 1. The van der Waals surface area contributed by atoms with Gasteiger partial charge in [-0.15, -0.1) is 0 Å². The van der Waals surface area contributed by atoms with Crippen LogP contribution in [0.4, 0.5) is 4.39 Å². The van der Waals surface area contributed by atoms with E-state index in [1.54, 1.807) is 36.4 Å². The van der Waals surface area contributed by atoms with Gasteiger partial charge < -0.3 is 19.9 Å². The monoisotopic (exact) mass is 620 g/mol. The Labute approximate surface area is 260 Å². The highest BCUT2D eigenvalue weighted by molar-refractivity contribution is 6.35. The number of hydrogen-bond acceptors (Lipinski definition) is 5. The number of rotatable bonds is 12. The van der Waals surface area contributed by atoms with Crippen molar-refractivity contribution >= 4 is 35.0 Å². The molecule has 43 heavy (non-hydrogen) atoms. The molecule has 4 aromatic carbocycles. The Bertz CT molecular complexity index is 1580. The second kappa shape index (κ2) is 14.0. The zero-order chi connectivity index (χ0) is 30.2. The molecule has 0 bridgehead atoms. The number of hydrogen-bond donors (Lipinski definition) is 2. The number of ether oxygens (including phenoxy) is 2. The van der Waals surface area contributed by atoms with Crippen molar-refractivity contribution in [1.82, 2.24) is 5.32 Å². The highest BCUT2D eigenvalue weighted by atomic mass is 35.5. The van der Waals surface area contributed by atoms with Crippen LogP contribution in [0.25, 0.3) is 0 Å². The predicted octanol–water partition coefficient (Wildman–Crippen LogP) is 6.75. The molecule has 0 saturated carbocycles. The maximum Gasteiger partial charge on any atom is 0.252 e. The predicted molar refractivity (Wildman–Crippen MR) is 166 cm³/mol.